The van der Waals surface area contributed by atoms with Crippen LogP contribution in [-0.2, 0) is 19.1 Å². The van der Waals surface area contributed by atoms with Gasteiger partial charge in [0, 0.05) is 7.05 Å². The van der Waals surface area contributed by atoms with Crippen molar-refractivity contribution < 1.29 is 23.9 Å². The molecule has 0 saturated heterocycles. The number of hydrogen-bond acceptors (Lipinski definition) is 5. The van der Waals surface area contributed by atoms with E-state index in [1.165, 1.54) is 11.9 Å². The Labute approximate surface area is 126 Å². The van der Waals surface area contributed by atoms with Crippen LogP contribution in [-0.4, -0.2) is 48.0 Å². The molecule has 1 atom stereocenters. The van der Waals surface area contributed by atoms with Crippen molar-refractivity contribution in [2.45, 2.75) is 59.6 Å². The maximum Gasteiger partial charge on any atom is 0.410 e. The quantitative estimate of drug-likeness (QED) is 0.556. The number of nitrogens with zero attached hydrogens (tertiary/aromatic N) is 1. The SMILES string of the molecule is CCOC(=O)CC(=O)C(C(C)C)N(C)C(=O)OC(C)(C)C. The zero-order valence-corrected chi connectivity index (χ0v) is 14.1. The molecule has 0 spiro atoms. The van der Waals surface area contributed by atoms with Crippen molar-refractivity contribution in [1.29, 1.82) is 0 Å². The Morgan fingerprint density at radius 2 is 1.67 bits per heavy atom. The number of ether oxygens (including phenoxy) is 2. The molecule has 1 unspecified atom stereocenters. The van der Waals surface area contributed by atoms with Gasteiger partial charge in [-0.15, -0.1) is 0 Å². The Morgan fingerprint density at radius 3 is 2.05 bits per heavy atom. The molecule has 0 aliphatic rings. The largest absolute Gasteiger partial charge is 0.466 e. The number of esters is 1. The van der Waals surface area contributed by atoms with Crippen LogP contribution in [0.1, 0.15) is 48.0 Å². The van der Waals surface area contributed by atoms with Gasteiger partial charge in [0.05, 0.1) is 12.6 Å². The molecule has 21 heavy (non-hydrogen) atoms. The molecule has 0 aromatic rings. The van der Waals surface area contributed by atoms with E-state index in [9.17, 15) is 14.4 Å². The summed E-state index contributed by atoms with van der Waals surface area (Å²) in [6.07, 6.45) is -0.928. The molecule has 0 aromatic heterocycles. The van der Waals surface area contributed by atoms with Gasteiger partial charge < -0.3 is 14.4 Å². The molecule has 0 rings (SSSR count). The number of carbonyl (C=O) groups excluding carboxylic acids is 3. The van der Waals surface area contributed by atoms with Gasteiger partial charge in [0.25, 0.3) is 0 Å². The zero-order valence-electron chi connectivity index (χ0n) is 14.1. The second kappa shape index (κ2) is 8.00. The predicted molar refractivity (Wildman–Crippen MR) is 78.9 cm³/mol. The molecule has 0 fully saturated rings. The van der Waals surface area contributed by atoms with Crippen molar-refractivity contribution >= 4 is 17.8 Å². The van der Waals surface area contributed by atoms with E-state index in [1.807, 2.05) is 13.8 Å². The molecule has 0 aromatic carbocycles. The van der Waals surface area contributed by atoms with Crippen LogP contribution in [0.25, 0.3) is 0 Å². The summed E-state index contributed by atoms with van der Waals surface area (Å²) in [6.45, 7) is 10.8. The van der Waals surface area contributed by atoms with Gasteiger partial charge >= 0.3 is 12.1 Å². The number of rotatable bonds is 6. The fourth-order valence-electron chi connectivity index (χ4n) is 1.94. The molecular weight excluding hydrogens is 274 g/mol. The Morgan fingerprint density at radius 1 is 1.14 bits per heavy atom. The van der Waals surface area contributed by atoms with Gasteiger partial charge in [-0.2, -0.15) is 0 Å². The fourth-order valence-corrected chi connectivity index (χ4v) is 1.94. The summed E-state index contributed by atoms with van der Waals surface area (Å²) < 4.78 is 10.0. The Hall–Kier alpha value is -1.59. The Kier molecular flexibility index (Phi) is 7.39. The summed E-state index contributed by atoms with van der Waals surface area (Å²) in [5.41, 5.74) is -0.642. The number of amides is 1. The van der Waals surface area contributed by atoms with Crippen LogP contribution in [0.5, 0.6) is 0 Å². The van der Waals surface area contributed by atoms with E-state index in [0.717, 1.165) is 0 Å². The number of ketones is 1. The molecule has 0 aliphatic carbocycles. The molecular formula is C15H27NO5. The van der Waals surface area contributed by atoms with Gasteiger partial charge in [0.2, 0.25) is 0 Å². The first kappa shape index (κ1) is 19.4. The van der Waals surface area contributed by atoms with Gasteiger partial charge in [-0.05, 0) is 33.6 Å². The monoisotopic (exact) mass is 301 g/mol. The lowest BCUT2D eigenvalue weighted by Crippen LogP contribution is -2.48. The average molecular weight is 301 g/mol. The van der Waals surface area contributed by atoms with Crippen molar-refractivity contribution in [3.8, 4) is 0 Å². The Balaban J connectivity index is 4.92. The molecule has 0 radical (unpaired) electrons. The van der Waals surface area contributed by atoms with Crippen molar-refractivity contribution in [2.75, 3.05) is 13.7 Å². The number of Topliss-reactive ketones (excluding diaryl/α,β-unsaturated/α-hetero) is 1. The van der Waals surface area contributed by atoms with Crippen LogP contribution < -0.4 is 0 Å². The number of hydrogen-bond donors (Lipinski definition) is 0. The minimum Gasteiger partial charge on any atom is -0.466 e. The molecule has 0 N–H and O–H groups in total. The van der Waals surface area contributed by atoms with Crippen LogP contribution in [0.15, 0.2) is 0 Å². The molecule has 0 heterocycles. The highest BCUT2D eigenvalue weighted by atomic mass is 16.6. The highest BCUT2D eigenvalue weighted by Gasteiger charge is 2.33. The topological polar surface area (TPSA) is 72.9 Å². The second-order valence-electron chi connectivity index (χ2n) is 6.23. The van der Waals surface area contributed by atoms with E-state index in [0.29, 0.717) is 0 Å². The first-order chi connectivity index (χ1) is 9.49. The highest BCUT2D eigenvalue weighted by Crippen LogP contribution is 2.17. The van der Waals surface area contributed by atoms with Gasteiger partial charge in [0.1, 0.15) is 12.0 Å². The van der Waals surface area contributed by atoms with Gasteiger partial charge in [-0.3, -0.25) is 9.59 Å². The van der Waals surface area contributed by atoms with E-state index < -0.39 is 23.7 Å². The summed E-state index contributed by atoms with van der Waals surface area (Å²) in [7, 11) is 1.50. The van der Waals surface area contributed by atoms with Crippen molar-refractivity contribution in [3.63, 3.8) is 0 Å². The molecule has 1 amide bonds. The van der Waals surface area contributed by atoms with Crippen molar-refractivity contribution in [2.24, 2.45) is 5.92 Å². The van der Waals surface area contributed by atoms with Crippen LogP contribution in [0.2, 0.25) is 0 Å². The lowest BCUT2D eigenvalue weighted by atomic mass is 9.97. The first-order valence-electron chi connectivity index (χ1n) is 7.13. The van der Waals surface area contributed by atoms with Gasteiger partial charge in [0.15, 0.2) is 5.78 Å². The standard InChI is InChI=1S/C15H27NO5/c1-8-20-12(18)9-11(17)13(10(2)3)16(7)14(19)21-15(4,5)6/h10,13H,8-9H2,1-7H3. The van der Waals surface area contributed by atoms with Crippen LogP contribution in [0.3, 0.4) is 0 Å². The van der Waals surface area contributed by atoms with E-state index in [4.69, 9.17) is 9.47 Å². The number of carbonyl (C=O) groups is 3. The van der Waals surface area contributed by atoms with Crippen molar-refractivity contribution in [3.05, 3.63) is 0 Å². The molecule has 122 valence electrons. The Bertz CT molecular complexity index is 384. The maximum atomic E-state index is 12.2. The zero-order chi connectivity index (χ0) is 16.8. The fraction of sp³-hybridized carbons (Fsp3) is 0.800. The summed E-state index contributed by atoms with van der Waals surface area (Å²) in [4.78, 5) is 37.0. The van der Waals surface area contributed by atoms with E-state index in [1.54, 1.807) is 27.7 Å². The summed E-state index contributed by atoms with van der Waals surface area (Å²) >= 11 is 0. The van der Waals surface area contributed by atoms with Crippen LogP contribution >= 0.6 is 0 Å². The smallest absolute Gasteiger partial charge is 0.410 e. The lowest BCUT2D eigenvalue weighted by Gasteiger charge is -2.31. The second-order valence-corrected chi connectivity index (χ2v) is 6.23. The molecule has 0 aliphatic heterocycles. The molecule has 0 saturated carbocycles. The average Bonchev–Trinajstić information content (AvgIpc) is 2.25. The minimum atomic E-state index is -0.718. The van der Waals surface area contributed by atoms with E-state index >= 15 is 0 Å². The molecule has 0 bridgehead atoms. The molecule has 6 heteroatoms. The maximum absolute atomic E-state index is 12.2. The van der Waals surface area contributed by atoms with E-state index in [-0.39, 0.29) is 24.7 Å². The van der Waals surface area contributed by atoms with Gasteiger partial charge in [-0.25, -0.2) is 4.79 Å². The normalized spacial score (nSPS) is 12.8. The third-order valence-electron chi connectivity index (χ3n) is 2.68. The molecule has 6 nitrogen and oxygen atoms in total. The lowest BCUT2D eigenvalue weighted by molar-refractivity contribution is -0.146. The predicted octanol–water partition coefficient (Wildman–Crippen LogP) is 2.40. The highest BCUT2D eigenvalue weighted by molar-refractivity contribution is 5.99. The number of likely N-dealkylation sites (N-methyl/N-ethyl adjacent to an activating group) is 1. The van der Waals surface area contributed by atoms with Crippen molar-refractivity contribution in [1.82, 2.24) is 4.90 Å². The third-order valence-corrected chi connectivity index (χ3v) is 2.68. The van der Waals surface area contributed by atoms with Crippen LogP contribution in [0, 0.1) is 5.92 Å². The third kappa shape index (κ3) is 7.11. The van der Waals surface area contributed by atoms with Gasteiger partial charge in [-0.1, -0.05) is 13.8 Å². The summed E-state index contributed by atoms with van der Waals surface area (Å²) in [5.74, 6) is -1.06. The van der Waals surface area contributed by atoms with E-state index in [2.05, 4.69) is 0 Å². The summed E-state index contributed by atoms with van der Waals surface area (Å²) in [5, 5.41) is 0. The first-order valence-corrected chi connectivity index (χ1v) is 7.13. The minimum absolute atomic E-state index is 0.135. The summed E-state index contributed by atoms with van der Waals surface area (Å²) in [6, 6.07) is -0.718. The van der Waals surface area contributed by atoms with Crippen LogP contribution in [0.4, 0.5) is 4.79 Å².